The number of hydrogen-bond acceptors (Lipinski definition) is 5. The molecule has 2 heterocycles. The largest absolute Gasteiger partial charge is 0.416 e. The summed E-state index contributed by atoms with van der Waals surface area (Å²) in [6, 6.07) is 14.4. The van der Waals surface area contributed by atoms with Gasteiger partial charge in [-0.15, -0.1) is 0 Å². The molecule has 0 bridgehead atoms. The topological polar surface area (TPSA) is 54.2 Å². The van der Waals surface area contributed by atoms with E-state index in [1.54, 1.807) is 0 Å². The summed E-state index contributed by atoms with van der Waals surface area (Å²) in [6.45, 7) is 6.04. The number of aromatic nitrogens is 2. The highest BCUT2D eigenvalue weighted by atomic mass is 19.4. The standard InChI is InChI=1S/C27H31F3N4O/c1-19-5-7-22(8-6-19)26(11-12-26)25-32-24(35-33-25)18-31-13-16-34-14-9-20(10-15-34)21-3-2-4-23(17-21)27(28,29)30/h2-8,17,20,31H,9-16,18H2,1H3. The van der Waals surface area contributed by atoms with Gasteiger partial charge in [-0.3, -0.25) is 0 Å². The fourth-order valence-corrected chi connectivity index (χ4v) is 5.05. The third-order valence-electron chi connectivity index (χ3n) is 7.40. The minimum absolute atomic E-state index is 0.0978. The molecule has 0 spiro atoms. The third-order valence-corrected chi connectivity index (χ3v) is 7.40. The zero-order valence-electron chi connectivity index (χ0n) is 19.9. The van der Waals surface area contributed by atoms with Crippen molar-refractivity contribution in [3.8, 4) is 0 Å². The first-order valence-corrected chi connectivity index (χ1v) is 12.3. The van der Waals surface area contributed by atoms with Crippen molar-refractivity contribution in [2.45, 2.75) is 56.7 Å². The van der Waals surface area contributed by atoms with Gasteiger partial charge in [0.25, 0.3) is 0 Å². The molecule has 0 radical (unpaired) electrons. The summed E-state index contributed by atoms with van der Waals surface area (Å²) < 4.78 is 44.6. The summed E-state index contributed by atoms with van der Waals surface area (Å²) in [7, 11) is 0. The van der Waals surface area contributed by atoms with Crippen molar-refractivity contribution in [1.82, 2.24) is 20.4 Å². The van der Waals surface area contributed by atoms with Crippen LogP contribution in [0.3, 0.4) is 0 Å². The molecular formula is C27H31F3N4O. The average molecular weight is 485 g/mol. The van der Waals surface area contributed by atoms with Gasteiger partial charge < -0.3 is 14.7 Å². The molecule has 1 N–H and O–H groups in total. The summed E-state index contributed by atoms with van der Waals surface area (Å²) in [5.74, 6) is 1.55. The lowest BCUT2D eigenvalue weighted by molar-refractivity contribution is -0.137. The van der Waals surface area contributed by atoms with Crippen LogP contribution in [0.4, 0.5) is 13.2 Å². The molecule has 186 valence electrons. The molecular weight excluding hydrogens is 453 g/mol. The van der Waals surface area contributed by atoms with E-state index in [-0.39, 0.29) is 11.3 Å². The van der Waals surface area contributed by atoms with Crippen LogP contribution in [0.5, 0.6) is 0 Å². The molecule has 1 saturated heterocycles. The Morgan fingerprint density at radius 2 is 1.83 bits per heavy atom. The van der Waals surface area contributed by atoms with Gasteiger partial charge in [-0.05, 0) is 68.8 Å². The van der Waals surface area contributed by atoms with Gasteiger partial charge in [0.1, 0.15) is 0 Å². The van der Waals surface area contributed by atoms with Gasteiger partial charge in [-0.2, -0.15) is 18.2 Å². The first-order chi connectivity index (χ1) is 16.8. The number of alkyl halides is 3. The number of benzene rings is 2. The van der Waals surface area contributed by atoms with Crippen molar-refractivity contribution < 1.29 is 17.7 Å². The molecule has 8 heteroatoms. The van der Waals surface area contributed by atoms with Crippen LogP contribution in [0.15, 0.2) is 53.1 Å². The number of rotatable bonds is 8. The van der Waals surface area contributed by atoms with E-state index in [0.29, 0.717) is 12.4 Å². The monoisotopic (exact) mass is 484 g/mol. The van der Waals surface area contributed by atoms with Crippen LogP contribution in [-0.2, 0) is 18.1 Å². The maximum atomic E-state index is 13.0. The predicted octanol–water partition coefficient (Wildman–Crippen LogP) is 5.45. The molecule has 2 fully saturated rings. The van der Waals surface area contributed by atoms with Crippen molar-refractivity contribution in [1.29, 1.82) is 0 Å². The minimum Gasteiger partial charge on any atom is -0.338 e. The molecule has 5 rings (SSSR count). The zero-order chi connectivity index (χ0) is 24.5. The molecule has 0 amide bonds. The molecule has 0 unspecified atom stereocenters. The van der Waals surface area contributed by atoms with E-state index in [4.69, 9.17) is 4.52 Å². The lowest BCUT2D eigenvalue weighted by Gasteiger charge is -2.32. The van der Waals surface area contributed by atoms with Gasteiger partial charge in [0.15, 0.2) is 5.82 Å². The van der Waals surface area contributed by atoms with Crippen LogP contribution in [0.1, 0.15) is 65.6 Å². The van der Waals surface area contributed by atoms with E-state index in [2.05, 4.69) is 51.5 Å². The van der Waals surface area contributed by atoms with Crippen LogP contribution in [0.25, 0.3) is 0 Å². The van der Waals surface area contributed by atoms with Crippen LogP contribution >= 0.6 is 0 Å². The van der Waals surface area contributed by atoms with E-state index < -0.39 is 11.7 Å². The molecule has 2 aliphatic rings. The van der Waals surface area contributed by atoms with Crippen molar-refractivity contribution in [2.75, 3.05) is 26.2 Å². The fraction of sp³-hybridized carbons (Fsp3) is 0.481. The lowest BCUT2D eigenvalue weighted by Crippen LogP contribution is -2.37. The van der Waals surface area contributed by atoms with Gasteiger partial charge in [0, 0.05) is 13.1 Å². The molecule has 5 nitrogen and oxygen atoms in total. The number of halogens is 3. The first-order valence-electron chi connectivity index (χ1n) is 12.3. The molecule has 1 aliphatic carbocycles. The van der Waals surface area contributed by atoms with Crippen molar-refractivity contribution >= 4 is 0 Å². The third kappa shape index (κ3) is 5.43. The van der Waals surface area contributed by atoms with Gasteiger partial charge >= 0.3 is 6.18 Å². The average Bonchev–Trinajstić information content (AvgIpc) is 3.53. The van der Waals surface area contributed by atoms with Gasteiger partial charge in [-0.1, -0.05) is 53.2 Å². The Balaban J connectivity index is 1.06. The summed E-state index contributed by atoms with van der Waals surface area (Å²) in [5.41, 5.74) is 2.62. The molecule has 35 heavy (non-hydrogen) atoms. The maximum Gasteiger partial charge on any atom is 0.416 e. The zero-order valence-corrected chi connectivity index (χ0v) is 19.9. The minimum atomic E-state index is -4.29. The Morgan fingerprint density at radius 1 is 1.09 bits per heavy atom. The molecule has 0 atom stereocenters. The highest BCUT2D eigenvalue weighted by Crippen LogP contribution is 2.52. The highest BCUT2D eigenvalue weighted by Gasteiger charge is 2.49. The number of aryl methyl sites for hydroxylation is 1. The fourth-order valence-electron chi connectivity index (χ4n) is 5.05. The lowest BCUT2D eigenvalue weighted by atomic mass is 9.88. The molecule has 1 saturated carbocycles. The summed E-state index contributed by atoms with van der Waals surface area (Å²) in [6.07, 6.45) is -0.468. The Morgan fingerprint density at radius 3 is 2.51 bits per heavy atom. The SMILES string of the molecule is Cc1ccc(C2(c3noc(CNCCN4CCC(c5cccc(C(F)(F)F)c5)CC4)n3)CC2)cc1. The van der Waals surface area contributed by atoms with E-state index in [0.717, 1.165) is 69.3 Å². The van der Waals surface area contributed by atoms with Crippen molar-refractivity contribution in [3.05, 3.63) is 82.5 Å². The van der Waals surface area contributed by atoms with E-state index in [1.807, 2.05) is 6.07 Å². The second-order valence-corrected chi connectivity index (χ2v) is 9.88. The first kappa shape index (κ1) is 24.0. The molecule has 2 aromatic carbocycles. The second-order valence-electron chi connectivity index (χ2n) is 9.88. The van der Waals surface area contributed by atoms with Gasteiger partial charge in [0.05, 0.1) is 17.5 Å². The Kier molecular flexibility index (Phi) is 6.68. The van der Waals surface area contributed by atoms with Crippen molar-refractivity contribution in [2.24, 2.45) is 0 Å². The Hall–Kier alpha value is -2.71. The molecule has 1 aromatic heterocycles. The van der Waals surface area contributed by atoms with E-state index in [9.17, 15) is 13.2 Å². The number of nitrogens with zero attached hydrogens (tertiary/aromatic N) is 3. The summed E-state index contributed by atoms with van der Waals surface area (Å²) in [5, 5.41) is 7.65. The Labute approximate surface area is 203 Å². The van der Waals surface area contributed by atoms with Crippen LogP contribution in [0.2, 0.25) is 0 Å². The maximum absolute atomic E-state index is 13.0. The quantitative estimate of drug-likeness (QED) is 0.431. The highest BCUT2D eigenvalue weighted by molar-refractivity contribution is 5.40. The number of nitrogens with one attached hydrogen (secondary N) is 1. The smallest absolute Gasteiger partial charge is 0.338 e. The van der Waals surface area contributed by atoms with E-state index in [1.165, 1.54) is 23.3 Å². The van der Waals surface area contributed by atoms with Crippen LogP contribution in [0, 0.1) is 6.92 Å². The predicted molar refractivity (Wildman–Crippen MR) is 127 cm³/mol. The normalized spacial score (nSPS) is 18.6. The van der Waals surface area contributed by atoms with E-state index >= 15 is 0 Å². The summed E-state index contributed by atoms with van der Waals surface area (Å²) >= 11 is 0. The molecule has 3 aromatic rings. The van der Waals surface area contributed by atoms with Crippen LogP contribution in [-0.4, -0.2) is 41.2 Å². The molecule has 1 aliphatic heterocycles. The number of hydrogen-bond donors (Lipinski definition) is 1. The van der Waals surface area contributed by atoms with Crippen molar-refractivity contribution in [3.63, 3.8) is 0 Å². The second kappa shape index (κ2) is 9.74. The van der Waals surface area contributed by atoms with Crippen LogP contribution < -0.4 is 5.32 Å². The summed E-state index contributed by atoms with van der Waals surface area (Å²) in [4.78, 5) is 7.02. The van der Waals surface area contributed by atoms with Gasteiger partial charge in [-0.25, -0.2) is 0 Å². The Bertz CT molecular complexity index is 1130. The van der Waals surface area contributed by atoms with Gasteiger partial charge in [0.2, 0.25) is 5.89 Å². The number of likely N-dealkylation sites (tertiary alicyclic amines) is 1. The number of piperidine rings is 1.